The first-order valence-electron chi connectivity index (χ1n) is 5.05. The molecule has 1 aliphatic rings. The third kappa shape index (κ3) is 2.40. The van der Waals surface area contributed by atoms with E-state index in [1.54, 1.807) is 0 Å². The van der Waals surface area contributed by atoms with E-state index in [9.17, 15) is 18.0 Å². The summed E-state index contributed by atoms with van der Waals surface area (Å²) in [6.07, 6.45) is -4.39. The van der Waals surface area contributed by atoms with Gasteiger partial charge in [0, 0.05) is 5.56 Å². The summed E-state index contributed by atoms with van der Waals surface area (Å²) in [5, 5.41) is 7.11. The molecular formula is C11H9F3O3S. The second-order valence-electron chi connectivity index (χ2n) is 3.80. The third-order valence-electron chi connectivity index (χ3n) is 2.46. The first kappa shape index (κ1) is 13.1. The number of carbonyl (C=O) groups is 1. The van der Waals surface area contributed by atoms with Crippen LogP contribution in [0.1, 0.15) is 28.1 Å². The average molecular weight is 278 g/mol. The zero-order valence-electron chi connectivity index (χ0n) is 9.19. The van der Waals surface area contributed by atoms with Gasteiger partial charge in [0.1, 0.15) is 16.4 Å². The Bertz CT molecular complexity index is 487. The van der Waals surface area contributed by atoms with Gasteiger partial charge in [-0.1, -0.05) is 6.07 Å². The number of ether oxygens (including phenoxy) is 1. The van der Waals surface area contributed by atoms with Gasteiger partial charge >= 0.3 is 12.1 Å². The first-order valence-corrected chi connectivity index (χ1v) is 5.99. The van der Waals surface area contributed by atoms with Gasteiger partial charge in [-0.2, -0.15) is 13.2 Å². The molecule has 0 aliphatic carbocycles. The molecule has 18 heavy (non-hydrogen) atoms. The molecule has 1 aliphatic heterocycles. The second kappa shape index (κ2) is 4.38. The van der Waals surface area contributed by atoms with Crippen LogP contribution in [0.3, 0.4) is 0 Å². The number of halogens is 3. The van der Waals surface area contributed by atoms with E-state index in [1.165, 1.54) is 6.92 Å². The molecule has 2 rings (SSSR count). The number of thioether (sulfide) groups is 1. The minimum Gasteiger partial charge on any atom is -0.480 e. The third-order valence-corrected chi connectivity index (χ3v) is 3.73. The van der Waals surface area contributed by atoms with Crippen molar-refractivity contribution in [2.45, 2.75) is 23.8 Å². The SMILES string of the molecule is CC1Oc2cc(C(=O)O)ccc2C(C(F)(F)F)S1. The highest BCUT2D eigenvalue weighted by molar-refractivity contribution is 8.00. The van der Waals surface area contributed by atoms with Crippen molar-refractivity contribution in [1.29, 1.82) is 0 Å². The highest BCUT2D eigenvalue weighted by atomic mass is 32.2. The number of rotatable bonds is 1. The normalized spacial score (nSPS) is 23.1. The summed E-state index contributed by atoms with van der Waals surface area (Å²) in [6.45, 7) is 1.50. The summed E-state index contributed by atoms with van der Waals surface area (Å²) >= 11 is 0.656. The van der Waals surface area contributed by atoms with E-state index in [4.69, 9.17) is 9.84 Å². The highest BCUT2D eigenvalue weighted by Crippen LogP contribution is 2.51. The Kier molecular flexibility index (Phi) is 3.18. The van der Waals surface area contributed by atoms with E-state index in [-0.39, 0.29) is 16.9 Å². The van der Waals surface area contributed by atoms with Crippen molar-refractivity contribution >= 4 is 17.7 Å². The predicted molar refractivity (Wildman–Crippen MR) is 59.9 cm³/mol. The molecule has 0 amide bonds. The fourth-order valence-corrected chi connectivity index (χ4v) is 2.75. The van der Waals surface area contributed by atoms with Crippen LogP contribution in [0.2, 0.25) is 0 Å². The summed E-state index contributed by atoms with van der Waals surface area (Å²) in [4.78, 5) is 10.8. The Hall–Kier alpha value is -1.37. The van der Waals surface area contributed by atoms with Crippen molar-refractivity contribution in [2.75, 3.05) is 0 Å². The Balaban J connectivity index is 2.47. The van der Waals surface area contributed by atoms with E-state index in [1.807, 2.05) is 0 Å². The van der Waals surface area contributed by atoms with Gasteiger partial charge in [0.2, 0.25) is 0 Å². The van der Waals surface area contributed by atoms with Gasteiger partial charge in [0.15, 0.2) is 0 Å². The number of hydrogen-bond acceptors (Lipinski definition) is 3. The monoisotopic (exact) mass is 278 g/mol. The van der Waals surface area contributed by atoms with Gasteiger partial charge in [-0.25, -0.2) is 4.79 Å². The number of benzene rings is 1. The highest BCUT2D eigenvalue weighted by Gasteiger charge is 2.46. The number of carboxylic acid groups (broad SMARTS) is 1. The number of hydrogen-bond donors (Lipinski definition) is 1. The van der Waals surface area contributed by atoms with Gasteiger partial charge in [-0.3, -0.25) is 0 Å². The molecular weight excluding hydrogens is 269 g/mol. The topological polar surface area (TPSA) is 46.5 Å². The van der Waals surface area contributed by atoms with Crippen LogP contribution in [0.4, 0.5) is 13.2 Å². The van der Waals surface area contributed by atoms with Crippen LogP contribution in [0.15, 0.2) is 18.2 Å². The lowest BCUT2D eigenvalue weighted by molar-refractivity contribution is -0.131. The summed E-state index contributed by atoms with van der Waals surface area (Å²) in [6, 6.07) is 3.45. The minimum atomic E-state index is -4.39. The van der Waals surface area contributed by atoms with Crippen LogP contribution < -0.4 is 4.74 Å². The molecule has 0 radical (unpaired) electrons. The molecule has 98 valence electrons. The van der Waals surface area contributed by atoms with Crippen molar-refractivity contribution in [1.82, 2.24) is 0 Å². The van der Waals surface area contributed by atoms with Crippen molar-refractivity contribution in [3.8, 4) is 5.75 Å². The molecule has 2 unspecified atom stereocenters. The lowest BCUT2D eigenvalue weighted by Crippen LogP contribution is -2.27. The fourth-order valence-electron chi connectivity index (χ4n) is 1.71. The Labute approximate surface area is 105 Å². The maximum atomic E-state index is 12.9. The lowest BCUT2D eigenvalue weighted by atomic mass is 10.1. The second-order valence-corrected chi connectivity index (χ2v) is 5.21. The van der Waals surface area contributed by atoms with Gasteiger partial charge in [-0.05, 0) is 19.1 Å². The molecule has 0 saturated carbocycles. The molecule has 0 spiro atoms. The molecule has 7 heteroatoms. The van der Waals surface area contributed by atoms with Gasteiger partial charge in [0.05, 0.1) is 5.56 Å². The minimum absolute atomic E-state index is 0.0107. The molecule has 0 aromatic heterocycles. The van der Waals surface area contributed by atoms with Crippen LogP contribution in [-0.4, -0.2) is 22.7 Å². The largest absolute Gasteiger partial charge is 0.480 e. The van der Waals surface area contributed by atoms with E-state index < -0.39 is 22.8 Å². The van der Waals surface area contributed by atoms with Crippen LogP contribution in [0.5, 0.6) is 5.75 Å². The quantitative estimate of drug-likeness (QED) is 0.854. The van der Waals surface area contributed by atoms with Gasteiger partial charge in [0.25, 0.3) is 0 Å². The fraction of sp³-hybridized carbons (Fsp3) is 0.364. The molecule has 0 fully saturated rings. The molecule has 0 bridgehead atoms. The molecule has 3 nitrogen and oxygen atoms in total. The molecule has 1 N–H and O–H groups in total. The zero-order valence-corrected chi connectivity index (χ0v) is 10.0. The maximum Gasteiger partial charge on any atom is 0.404 e. The standard InChI is InChI=1S/C11H9F3O3S/c1-5-17-8-4-6(10(15)16)2-3-7(8)9(18-5)11(12,13)14/h2-5,9H,1H3,(H,15,16). The predicted octanol–water partition coefficient (Wildman–Crippen LogP) is 3.46. The Morgan fingerprint density at radius 1 is 1.44 bits per heavy atom. The molecule has 1 aromatic rings. The van der Waals surface area contributed by atoms with E-state index in [2.05, 4.69) is 0 Å². The Morgan fingerprint density at radius 2 is 2.11 bits per heavy atom. The van der Waals surface area contributed by atoms with Crippen molar-refractivity contribution < 1.29 is 27.8 Å². The summed E-state index contributed by atoms with van der Waals surface area (Å²) in [5.74, 6) is -1.21. The van der Waals surface area contributed by atoms with E-state index >= 15 is 0 Å². The van der Waals surface area contributed by atoms with Crippen LogP contribution in [0, 0.1) is 0 Å². The number of carboxylic acids is 1. The van der Waals surface area contributed by atoms with E-state index in [0.717, 1.165) is 18.2 Å². The lowest BCUT2D eigenvalue weighted by Gasteiger charge is -2.31. The van der Waals surface area contributed by atoms with Crippen molar-refractivity contribution in [3.05, 3.63) is 29.3 Å². The molecule has 2 atom stereocenters. The van der Waals surface area contributed by atoms with Crippen LogP contribution >= 0.6 is 11.8 Å². The van der Waals surface area contributed by atoms with Gasteiger partial charge < -0.3 is 9.84 Å². The average Bonchev–Trinajstić information content (AvgIpc) is 2.25. The molecule has 1 aromatic carbocycles. The summed E-state index contributed by atoms with van der Waals surface area (Å²) in [7, 11) is 0. The molecule has 0 saturated heterocycles. The molecule has 1 heterocycles. The van der Waals surface area contributed by atoms with E-state index in [0.29, 0.717) is 11.8 Å². The number of alkyl halides is 3. The number of fused-ring (bicyclic) bond motifs is 1. The zero-order chi connectivity index (χ0) is 13.5. The summed E-state index contributed by atoms with van der Waals surface area (Å²) < 4.78 is 43.8. The van der Waals surface area contributed by atoms with Gasteiger partial charge in [-0.15, -0.1) is 11.8 Å². The number of aromatic carboxylic acids is 1. The van der Waals surface area contributed by atoms with Crippen LogP contribution in [0.25, 0.3) is 0 Å². The van der Waals surface area contributed by atoms with Crippen molar-refractivity contribution in [2.24, 2.45) is 0 Å². The maximum absolute atomic E-state index is 12.9. The first-order chi connectivity index (χ1) is 8.29. The Morgan fingerprint density at radius 3 is 2.67 bits per heavy atom. The summed E-state index contributed by atoms with van der Waals surface area (Å²) in [5.41, 5.74) is -0.794. The van der Waals surface area contributed by atoms with Crippen LogP contribution in [-0.2, 0) is 0 Å². The van der Waals surface area contributed by atoms with Crippen molar-refractivity contribution in [3.63, 3.8) is 0 Å². The smallest absolute Gasteiger partial charge is 0.404 e.